The third kappa shape index (κ3) is 8.03. The van der Waals surface area contributed by atoms with Crippen molar-refractivity contribution in [2.24, 2.45) is 0 Å². The van der Waals surface area contributed by atoms with Gasteiger partial charge in [0.25, 0.3) is 0 Å². The lowest BCUT2D eigenvalue weighted by Gasteiger charge is -2.29. The third-order valence-electron chi connectivity index (χ3n) is 2.40. The maximum Gasteiger partial charge on any atom is 0.0602 e. The average molecular weight is 237 g/mol. The summed E-state index contributed by atoms with van der Waals surface area (Å²) in [5.74, 6) is 0.583. The van der Waals surface area contributed by atoms with Gasteiger partial charge in [0.15, 0.2) is 0 Å². The van der Waals surface area contributed by atoms with Gasteiger partial charge in [-0.05, 0) is 27.6 Å². The fraction of sp³-hybridized carbons (Fsp3) is 1.00. The number of hydrogen-bond donors (Lipinski definition) is 0. The molecule has 0 saturated heterocycles. The molecule has 1 atom stereocenters. The predicted molar refractivity (Wildman–Crippen MR) is 66.8 cm³/mol. The molecule has 0 amide bonds. The Bertz CT molecular complexity index is 145. The summed E-state index contributed by atoms with van der Waals surface area (Å²) in [6.45, 7) is 9.02. The zero-order valence-electron chi connectivity index (χ0n) is 10.5. The van der Waals surface area contributed by atoms with Gasteiger partial charge in [0.2, 0.25) is 0 Å². The molecule has 92 valence electrons. The van der Waals surface area contributed by atoms with Crippen LogP contribution in [0.4, 0.5) is 0 Å². The Morgan fingerprint density at radius 3 is 2.40 bits per heavy atom. The number of halogens is 1. The molecule has 0 saturated carbocycles. The van der Waals surface area contributed by atoms with Gasteiger partial charge in [0.05, 0.1) is 13.2 Å². The first-order chi connectivity index (χ1) is 7.11. The van der Waals surface area contributed by atoms with Gasteiger partial charge < -0.3 is 9.64 Å². The molecule has 1 unspecified atom stereocenters. The predicted octanol–water partition coefficient (Wildman–Crippen LogP) is 1.51. The van der Waals surface area contributed by atoms with Crippen LogP contribution < -0.4 is 0 Å². The second-order valence-electron chi connectivity index (χ2n) is 4.04. The van der Waals surface area contributed by atoms with Crippen LogP contribution in [0.1, 0.15) is 13.8 Å². The van der Waals surface area contributed by atoms with Crippen molar-refractivity contribution in [3.63, 3.8) is 0 Å². The van der Waals surface area contributed by atoms with Crippen LogP contribution in [0.5, 0.6) is 0 Å². The Hall–Kier alpha value is 0.170. The molecule has 0 rings (SSSR count). The Labute approximate surface area is 99.3 Å². The monoisotopic (exact) mass is 236 g/mol. The van der Waals surface area contributed by atoms with E-state index in [1.54, 1.807) is 0 Å². The van der Waals surface area contributed by atoms with Gasteiger partial charge in [0.1, 0.15) is 0 Å². The topological polar surface area (TPSA) is 15.7 Å². The summed E-state index contributed by atoms with van der Waals surface area (Å²) in [6.07, 6.45) is 0. The Kier molecular flexibility index (Phi) is 9.51. The third-order valence-corrected chi connectivity index (χ3v) is 2.56. The smallest absolute Gasteiger partial charge is 0.0602 e. The fourth-order valence-corrected chi connectivity index (χ4v) is 1.78. The molecule has 4 heteroatoms. The van der Waals surface area contributed by atoms with Gasteiger partial charge in [-0.1, -0.05) is 6.92 Å². The first-order valence-corrected chi connectivity index (χ1v) is 6.17. The van der Waals surface area contributed by atoms with Crippen LogP contribution in [0, 0.1) is 0 Å². The standard InChI is InChI=1S/C11H25ClN2O/c1-5-14(7-9-15-8-6-12)11(2)10-13(3)4/h11H,5-10H2,1-4H3. The molecular weight excluding hydrogens is 212 g/mol. The summed E-state index contributed by atoms with van der Waals surface area (Å²) in [6, 6.07) is 0.574. The van der Waals surface area contributed by atoms with E-state index in [0.29, 0.717) is 18.5 Å². The van der Waals surface area contributed by atoms with E-state index in [0.717, 1.165) is 26.2 Å². The van der Waals surface area contributed by atoms with Crippen LogP contribution in [-0.4, -0.2) is 68.7 Å². The summed E-state index contributed by atoms with van der Waals surface area (Å²) in [7, 11) is 4.21. The largest absolute Gasteiger partial charge is 0.379 e. The van der Waals surface area contributed by atoms with Gasteiger partial charge in [-0.3, -0.25) is 4.90 Å². The van der Waals surface area contributed by atoms with Crippen LogP contribution in [-0.2, 0) is 4.74 Å². The van der Waals surface area contributed by atoms with Crippen LogP contribution >= 0.6 is 11.6 Å². The summed E-state index contributed by atoms with van der Waals surface area (Å²) in [4.78, 5) is 4.64. The first-order valence-electron chi connectivity index (χ1n) is 5.64. The molecule has 15 heavy (non-hydrogen) atoms. The quantitative estimate of drug-likeness (QED) is 0.446. The van der Waals surface area contributed by atoms with Crippen molar-refractivity contribution in [2.75, 3.05) is 52.8 Å². The van der Waals surface area contributed by atoms with Gasteiger partial charge >= 0.3 is 0 Å². The van der Waals surface area contributed by atoms with Crippen LogP contribution in [0.2, 0.25) is 0 Å². The molecule has 0 aromatic carbocycles. The first kappa shape index (κ1) is 15.2. The lowest BCUT2D eigenvalue weighted by molar-refractivity contribution is 0.0941. The molecule has 3 nitrogen and oxygen atoms in total. The summed E-state index contributed by atoms with van der Waals surface area (Å²) < 4.78 is 5.38. The zero-order valence-corrected chi connectivity index (χ0v) is 11.3. The molecule has 0 bridgehead atoms. The van der Waals surface area contributed by atoms with Crippen LogP contribution in [0.25, 0.3) is 0 Å². The Morgan fingerprint density at radius 1 is 1.27 bits per heavy atom. The number of hydrogen-bond acceptors (Lipinski definition) is 3. The van der Waals surface area contributed by atoms with Crippen LogP contribution in [0.3, 0.4) is 0 Å². The molecule has 0 heterocycles. The normalized spacial score (nSPS) is 13.8. The summed E-state index contributed by atoms with van der Waals surface area (Å²) in [5, 5.41) is 0. The van der Waals surface area contributed by atoms with Gasteiger partial charge in [-0.15, -0.1) is 11.6 Å². The van der Waals surface area contributed by atoms with E-state index < -0.39 is 0 Å². The van der Waals surface area contributed by atoms with Crippen molar-refractivity contribution >= 4 is 11.6 Å². The van der Waals surface area contributed by atoms with Crippen molar-refractivity contribution in [1.29, 1.82) is 0 Å². The molecule has 0 radical (unpaired) electrons. The zero-order chi connectivity index (χ0) is 11.7. The molecule has 0 aliphatic rings. The molecule has 0 aromatic rings. The minimum absolute atomic E-state index is 0.574. The molecule has 0 fully saturated rings. The van der Waals surface area contributed by atoms with Crippen molar-refractivity contribution < 1.29 is 4.74 Å². The van der Waals surface area contributed by atoms with Crippen molar-refractivity contribution in [3.8, 4) is 0 Å². The van der Waals surface area contributed by atoms with Gasteiger partial charge in [-0.2, -0.15) is 0 Å². The van der Waals surface area contributed by atoms with E-state index in [2.05, 4.69) is 37.7 Å². The second-order valence-corrected chi connectivity index (χ2v) is 4.42. The highest BCUT2D eigenvalue weighted by Gasteiger charge is 2.11. The maximum atomic E-state index is 5.54. The van der Waals surface area contributed by atoms with Crippen molar-refractivity contribution in [1.82, 2.24) is 9.80 Å². The van der Waals surface area contributed by atoms with Crippen molar-refractivity contribution in [3.05, 3.63) is 0 Å². The van der Waals surface area contributed by atoms with Crippen molar-refractivity contribution in [2.45, 2.75) is 19.9 Å². The maximum absolute atomic E-state index is 5.54. The fourth-order valence-electron chi connectivity index (χ4n) is 1.67. The van der Waals surface area contributed by atoms with E-state index in [4.69, 9.17) is 16.3 Å². The molecule has 0 aliphatic carbocycles. The van der Waals surface area contributed by atoms with E-state index >= 15 is 0 Å². The number of likely N-dealkylation sites (N-methyl/N-ethyl adjacent to an activating group) is 2. The molecular formula is C11H25ClN2O. The van der Waals surface area contributed by atoms with Crippen LogP contribution in [0.15, 0.2) is 0 Å². The number of rotatable bonds is 9. The number of ether oxygens (including phenoxy) is 1. The highest BCUT2D eigenvalue weighted by Crippen LogP contribution is 1.99. The lowest BCUT2D eigenvalue weighted by Crippen LogP contribution is -2.41. The minimum Gasteiger partial charge on any atom is -0.379 e. The molecule has 0 aliphatic heterocycles. The summed E-state index contributed by atoms with van der Waals surface area (Å²) >= 11 is 5.54. The molecule has 0 aromatic heterocycles. The van der Waals surface area contributed by atoms with E-state index in [1.165, 1.54) is 0 Å². The minimum atomic E-state index is 0.574. The molecule has 0 spiro atoms. The lowest BCUT2D eigenvalue weighted by atomic mass is 10.2. The Balaban J connectivity index is 3.70. The van der Waals surface area contributed by atoms with E-state index in [1.807, 2.05) is 0 Å². The average Bonchev–Trinajstić information content (AvgIpc) is 2.16. The SMILES string of the molecule is CCN(CCOCCCl)C(C)CN(C)C. The van der Waals surface area contributed by atoms with E-state index in [9.17, 15) is 0 Å². The second kappa shape index (κ2) is 9.40. The molecule has 0 N–H and O–H groups in total. The number of alkyl halides is 1. The van der Waals surface area contributed by atoms with E-state index in [-0.39, 0.29) is 0 Å². The highest BCUT2D eigenvalue weighted by molar-refractivity contribution is 6.17. The van der Waals surface area contributed by atoms with Gasteiger partial charge in [0, 0.05) is 25.0 Å². The number of nitrogens with zero attached hydrogens (tertiary/aromatic N) is 2. The van der Waals surface area contributed by atoms with Gasteiger partial charge in [-0.25, -0.2) is 0 Å². The Morgan fingerprint density at radius 2 is 1.93 bits per heavy atom. The highest BCUT2D eigenvalue weighted by atomic mass is 35.5. The summed E-state index contributed by atoms with van der Waals surface area (Å²) in [5.41, 5.74) is 0.